The molecule has 0 bridgehead atoms. The van der Waals surface area contributed by atoms with Gasteiger partial charge in [0.1, 0.15) is 0 Å². The number of aliphatic hydroxyl groups is 1. The predicted molar refractivity (Wildman–Crippen MR) is 56.0 cm³/mol. The molecule has 0 aromatic heterocycles. The van der Waals surface area contributed by atoms with Crippen LogP contribution in [0.15, 0.2) is 30.3 Å². The average molecular weight is 223 g/mol. The summed E-state index contributed by atoms with van der Waals surface area (Å²) >= 11 is 0.649. The van der Waals surface area contributed by atoms with E-state index in [1.807, 2.05) is 30.3 Å². The average Bonchev–Trinajstić information content (AvgIpc) is 2.47. The van der Waals surface area contributed by atoms with Crippen LogP contribution in [-0.2, 0) is 11.3 Å². The third-order valence-electron chi connectivity index (χ3n) is 2.09. The molecule has 1 aliphatic rings. The van der Waals surface area contributed by atoms with E-state index in [2.05, 4.69) is 0 Å². The molecular weight excluding hydrogens is 214 g/mol. The van der Waals surface area contributed by atoms with Crippen molar-refractivity contribution in [2.24, 2.45) is 0 Å². The first-order chi connectivity index (χ1) is 7.18. The van der Waals surface area contributed by atoms with Crippen molar-refractivity contribution in [3.8, 4) is 0 Å². The van der Waals surface area contributed by atoms with E-state index >= 15 is 0 Å². The van der Waals surface area contributed by atoms with E-state index in [0.29, 0.717) is 11.8 Å². The molecule has 1 aromatic rings. The van der Waals surface area contributed by atoms with Crippen molar-refractivity contribution in [3.63, 3.8) is 0 Å². The third kappa shape index (κ3) is 2.03. The molecule has 1 aromatic carbocycles. The maximum absolute atomic E-state index is 11.4. The van der Waals surface area contributed by atoms with Crippen molar-refractivity contribution in [2.75, 3.05) is 0 Å². The molecular formula is C10H9NO3S. The van der Waals surface area contributed by atoms with E-state index < -0.39 is 16.6 Å². The van der Waals surface area contributed by atoms with Gasteiger partial charge >= 0.3 is 0 Å². The molecule has 15 heavy (non-hydrogen) atoms. The first-order valence-electron chi connectivity index (χ1n) is 4.42. The lowest BCUT2D eigenvalue weighted by Crippen LogP contribution is -2.30. The topological polar surface area (TPSA) is 57.6 Å². The second kappa shape index (κ2) is 4.04. The van der Waals surface area contributed by atoms with Gasteiger partial charge in [-0.15, -0.1) is 0 Å². The Morgan fingerprint density at radius 3 is 2.47 bits per heavy atom. The van der Waals surface area contributed by atoms with Gasteiger partial charge in [-0.05, 0) is 17.3 Å². The lowest BCUT2D eigenvalue weighted by atomic mass is 10.2. The van der Waals surface area contributed by atoms with Gasteiger partial charge in [-0.1, -0.05) is 30.3 Å². The summed E-state index contributed by atoms with van der Waals surface area (Å²) in [6.07, 6.45) is 0. The molecule has 1 atom stereocenters. The van der Waals surface area contributed by atoms with Crippen LogP contribution in [0.5, 0.6) is 0 Å². The quantitative estimate of drug-likeness (QED) is 0.818. The number of benzene rings is 1. The van der Waals surface area contributed by atoms with Crippen LogP contribution in [-0.4, -0.2) is 26.6 Å². The third-order valence-corrected chi connectivity index (χ3v) is 2.94. The number of amides is 2. The summed E-state index contributed by atoms with van der Waals surface area (Å²) in [5.74, 6) is -0.533. The Morgan fingerprint density at radius 2 is 1.93 bits per heavy atom. The normalized spacial score (nSPS) is 21.1. The highest BCUT2D eigenvalue weighted by molar-refractivity contribution is 8.15. The monoisotopic (exact) mass is 223 g/mol. The molecule has 5 heteroatoms. The zero-order chi connectivity index (χ0) is 10.8. The highest BCUT2D eigenvalue weighted by Gasteiger charge is 2.38. The van der Waals surface area contributed by atoms with E-state index in [4.69, 9.17) is 5.11 Å². The van der Waals surface area contributed by atoms with Gasteiger partial charge < -0.3 is 5.11 Å². The summed E-state index contributed by atoms with van der Waals surface area (Å²) in [6.45, 7) is 0.225. The summed E-state index contributed by atoms with van der Waals surface area (Å²) < 4.78 is 0. The largest absolute Gasteiger partial charge is 0.373 e. The molecule has 1 heterocycles. The number of hydrogen-bond donors (Lipinski definition) is 1. The molecule has 2 amide bonds. The summed E-state index contributed by atoms with van der Waals surface area (Å²) in [5.41, 5.74) is -0.366. The first-order valence-corrected chi connectivity index (χ1v) is 5.30. The maximum atomic E-state index is 11.4. The van der Waals surface area contributed by atoms with Gasteiger partial charge in [0.05, 0.1) is 6.54 Å². The minimum Gasteiger partial charge on any atom is -0.373 e. The van der Waals surface area contributed by atoms with Crippen LogP contribution >= 0.6 is 11.8 Å². The van der Waals surface area contributed by atoms with Crippen molar-refractivity contribution >= 4 is 22.9 Å². The van der Waals surface area contributed by atoms with E-state index in [1.54, 1.807) is 0 Å². The molecule has 0 radical (unpaired) electrons. The molecule has 1 fully saturated rings. The summed E-state index contributed by atoms with van der Waals surface area (Å²) in [4.78, 5) is 23.7. The highest BCUT2D eigenvalue weighted by Crippen LogP contribution is 2.26. The molecule has 0 aliphatic carbocycles. The first kappa shape index (κ1) is 10.2. The van der Waals surface area contributed by atoms with Crippen molar-refractivity contribution in [1.82, 2.24) is 4.90 Å². The van der Waals surface area contributed by atoms with Crippen LogP contribution in [0.2, 0.25) is 0 Å². The van der Waals surface area contributed by atoms with Crippen molar-refractivity contribution in [3.05, 3.63) is 35.9 Å². The standard InChI is InChI=1S/C10H9NO3S/c12-8-9(13)15-10(14)11(8)6-7-4-2-1-3-5-7/h1-5,9,13H,6H2. The Balaban J connectivity index is 2.13. The van der Waals surface area contributed by atoms with E-state index in [9.17, 15) is 9.59 Å². The molecule has 2 rings (SSSR count). The van der Waals surface area contributed by atoms with Gasteiger partial charge in [-0.2, -0.15) is 0 Å². The van der Waals surface area contributed by atoms with Crippen LogP contribution in [0.3, 0.4) is 0 Å². The number of imide groups is 1. The Bertz CT molecular complexity index is 393. The summed E-state index contributed by atoms with van der Waals surface area (Å²) in [5, 5.41) is 8.78. The second-order valence-electron chi connectivity index (χ2n) is 3.15. The molecule has 1 saturated heterocycles. The van der Waals surface area contributed by atoms with Gasteiger partial charge in [0, 0.05) is 0 Å². The number of carbonyl (C=O) groups excluding carboxylic acids is 2. The van der Waals surface area contributed by atoms with E-state index in [-0.39, 0.29) is 6.54 Å². The second-order valence-corrected chi connectivity index (χ2v) is 4.18. The predicted octanol–water partition coefficient (Wildman–Crippen LogP) is 1.20. The number of rotatable bonds is 2. The minimum absolute atomic E-state index is 0.225. The van der Waals surface area contributed by atoms with Crippen LogP contribution in [0.1, 0.15) is 5.56 Å². The van der Waals surface area contributed by atoms with Crippen LogP contribution in [0, 0.1) is 0 Å². The van der Waals surface area contributed by atoms with E-state index in [1.165, 1.54) is 0 Å². The van der Waals surface area contributed by atoms with Gasteiger partial charge in [0.25, 0.3) is 11.1 Å². The van der Waals surface area contributed by atoms with Gasteiger partial charge in [-0.3, -0.25) is 14.5 Å². The fourth-order valence-electron chi connectivity index (χ4n) is 1.34. The fraction of sp³-hybridized carbons (Fsp3) is 0.200. The fourth-order valence-corrected chi connectivity index (χ4v) is 2.04. The van der Waals surface area contributed by atoms with Crippen LogP contribution in [0.25, 0.3) is 0 Å². The molecule has 0 saturated carbocycles. The van der Waals surface area contributed by atoms with Crippen LogP contribution < -0.4 is 0 Å². The maximum Gasteiger partial charge on any atom is 0.291 e. The molecule has 1 unspecified atom stereocenters. The number of aliphatic hydroxyl groups excluding tert-OH is 1. The Hall–Kier alpha value is -1.33. The van der Waals surface area contributed by atoms with Gasteiger partial charge in [-0.25, -0.2) is 0 Å². The van der Waals surface area contributed by atoms with Crippen molar-refractivity contribution < 1.29 is 14.7 Å². The molecule has 4 nitrogen and oxygen atoms in total. The zero-order valence-electron chi connectivity index (χ0n) is 7.79. The molecule has 1 N–H and O–H groups in total. The Morgan fingerprint density at radius 1 is 1.27 bits per heavy atom. The van der Waals surface area contributed by atoms with Gasteiger partial charge in [0.15, 0.2) is 5.44 Å². The molecule has 78 valence electrons. The van der Waals surface area contributed by atoms with E-state index in [0.717, 1.165) is 10.5 Å². The smallest absolute Gasteiger partial charge is 0.291 e. The Kier molecular flexibility index (Phi) is 2.75. The lowest BCUT2D eigenvalue weighted by Gasteiger charge is -2.12. The number of thioether (sulfide) groups is 1. The van der Waals surface area contributed by atoms with Crippen molar-refractivity contribution in [1.29, 1.82) is 0 Å². The van der Waals surface area contributed by atoms with Crippen LogP contribution in [0.4, 0.5) is 4.79 Å². The number of hydrogen-bond acceptors (Lipinski definition) is 4. The highest BCUT2D eigenvalue weighted by atomic mass is 32.2. The lowest BCUT2D eigenvalue weighted by molar-refractivity contribution is -0.131. The summed E-state index contributed by atoms with van der Waals surface area (Å²) in [6, 6.07) is 9.19. The SMILES string of the molecule is O=C1SC(O)C(=O)N1Cc1ccccc1. The van der Waals surface area contributed by atoms with Crippen molar-refractivity contribution in [2.45, 2.75) is 12.0 Å². The molecule has 1 aliphatic heterocycles. The minimum atomic E-state index is -1.23. The summed E-state index contributed by atoms with van der Waals surface area (Å²) in [7, 11) is 0. The van der Waals surface area contributed by atoms with Gasteiger partial charge in [0.2, 0.25) is 0 Å². The molecule has 0 spiro atoms. The zero-order valence-corrected chi connectivity index (χ0v) is 8.61. The Labute approximate surface area is 90.9 Å². The number of carbonyl (C=O) groups is 2. The number of nitrogens with zero attached hydrogens (tertiary/aromatic N) is 1.